The predicted octanol–water partition coefficient (Wildman–Crippen LogP) is 2.54. The number of primary amides is 1. The Balaban J connectivity index is 1.69. The smallest absolute Gasteiger partial charge is 0.274 e. The molecule has 0 spiro atoms. The van der Waals surface area contributed by atoms with E-state index in [4.69, 9.17) is 10.8 Å². The summed E-state index contributed by atoms with van der Waals surface area (Å²) in [5.74, 6) is -0.403. The minimum Gasteiger partial charge on any atom is -0.370 e. The van der Waals surface area contributed by atoms with E-state index in [2.05, 4.69) is 19.1 Å². The number of benzene rings is 1. The third-order valence-corrected chi connectivity index (χ3v) is 5.74. The van der Waals surface area contributed by atoms with Gasteiger partial charge in [0, 0.05) is 30.3 Å². The summed E-state index contributed by atoms with van der Waals surface area (Å²) >= 11 is 0. The Morgan fingerprint density at radius 1 is 1.15 bits per heavy atom. The van der Waals surface area contributed by atoms with Crippen molar-refractivity contribution < 1.29 is 9.59 Å². The van der Waals surface area contributed by atoms with Crippen LogP contribution in [0, 0.1) is 6.92 Å². The van der Waals surface area contributed by atoms with E-state index in [1.165, 1.54) is 5.56 Å². The number of aryl methyl sites for hydroxylation is 1. The predicted molar refractivity (Wildman–Crippen MR) is 103 cm³/mol. The monoisotopic (exact) mass is 366 g/mol. The average molecular weight is 366 g/mol. The van der Waals surface area contributed by atoms with Gasteiger partial charge in [-0.3, -0.25) is 9.59 Å². The van der Waals surface area contributed by atoms with Crippen LogP contribution in [0.1, 0.15) is 59.4 Å². The summed E-state index contributed by atoms with van der Waals surface area (Å²) in [6.07, 6.45) is 5.91. The summed E-state index contributed by atoms with van der Waals surface area (Å²) in [5.41, 5.74) is 10.4. The van der Waals surface area contributed by atoms with E-state index < -0.39 is 0 Å². The van der Waals surface area contributed by atoms with Crippen LogP contribution in [0.5, 0.6) is 0 Å². The fourth-order valence-electron chi connectivity index (χ4n) is 4.36. The van der Waals surface area contributed by atoms with Gasteiger partial charge < -0.3 is 10.6 Å². The molecule has 2 aliphatic rings. The number of hydrogen-bond donors (Lipinski definition) is 1. The molecule has 2 heterocycles. The van der Waals surface area contributed by atoms with Gasteiger partial charge in [-0.15, -0.1) is 0 Å². The van der Waals surface area contributed by atoms with Crippen LogP contribution in [0.25, 0.3) is 5.69 Å². The number of likely N-dealkylation sites (tertiary alicyclic amines) is 1. The minimum atomic E-state index is -0.352. The summed E-state index contributed by atoms with van der Waals surface area (Å²) in [7, 11) is 0. The van der Waals surface area contributed by atoms with Crippen molar-refractivity contribution in [2.45, 2.75) is 57.9 Å². The zero-order valence-corrected chi connectivity index (χ0v) is 15.8. The highest BCUT2D eigenvalue weighted by atomic mass is 16.2. The first kappa shape index (κ1) is 17.8. The Bertz CT molecular complexity index is 869. The van der Waals surface area contributed by atoms with Gasteiger partial charge in [0.05, 0.1) is 5.69 Å². The summed E-state index contributed by atoms with van der Waals surface area (Å²) < 4.78 is 1.93. The van der Waals surface area contributed by atoms with Crippen molar-refractivity contribution in [3.05, 3.63) is 46.8 Å². The Morgan fingerprint density at radius 3 is 2.67 bits per heavy atom. The number of aromatic nitrogens is 2. The van der Waals surface area contributed by atoms with E-state index in [0.29, 0.717) is 12.2 Å². The van der Waals surface area contributed by atoms with Crippen LogP contribution in [-0.4, -0.2) is 39.1 Å². The molecular formula is C21H26N4O2. The largest absolute Gasteiger partial charge is 0.370 e. The Kier molecular flexibility index (Phi) is 4.72. The van der Waals surface area contributed by atoms with Gasteiger partial charge in [-0.25, -0.2) is 4.68 Å². The molecule has 1 saturated heterocycles. The van der Waals surface area contributed by atoms with Crippen molar-refractivity contribution in [3.63, 3.8) is 0 Å². The van der Waals surface area contributed by atoms with Crippen LogP contribution in [0.3, 0.4) is 0 Å². The molecule has 1 fully saturated rings. The second-order valence-corrected chi connectivity index (χ2v) is 7.69. The molecule has 6 heteroatoms. The second-order valence-electron chi connectivity index (χ2n) is 7.69. The first-order chi connectivity index (χ1) is 13.0. The molecule has 1 aromatic carbocycles. The first-order valence-electron chi connectivity index (χ1n) is 9.81. The number of piperidine rings is 1. The fourth-order valence-corrected chi connectivity index (χ4v) is 4.36. The minimum absolute atomic E-state index is 0.0510. The molecule has 2 aromatic rings. The van der Waals surface area contributed by atoms with Gasteiger partial charge in [0.25, 0.3) is 5.91 Å². The van der Waals surface area contributed by atoms with E-state index in [1.54, 1.807) is 0 Å². The quantitative estimate of drug-likeness (QED) is 0.903. The van der Waals surface area contributed by atoms with Gasteiger partial charge >= 0.3 is 0 Å². The maximum atomic E-state index is 13.3. The van der Waals surface area contributed by atoms with Crippen molar-refractivity contribution in [3.8, 4) is 5.69 Å². The van der Waals surface area contributed by atoms with Crippen LogP contribution < -0.4 is 5.73 Å². The van der Waals surface area contributed by atoms with E-state index in [9.17, 15) is 9.59 Å². The highest BCUT2D eigenvalue weighted by molar-refractivity contribution is 5.95. The number of fused-ring (bicyclic) bond motifs is 1. The fraction of sp³-hybridized carbons (Fsp3) is 0.476. The summed E-state index contributed by atoms with van der Waals surface area (Å²) in [5, 5.41) is 4.73. The average Bonchev–Trinajstić information content (AvgIpc) is 3.24. The Hall–Kier alpha value is -2.63. The lowest BCUT2D eigenvalue weighted by molar-refractivity contribution is -0.119. The van der Waals surface area contributed by atoms with Crippen LogP contribution in [0.15, 0.2) is 24.3 Å². The van der Waals surface area contributed by atoms with Crippen molar-refractivity contribution in [1.29, 1.82) is 0 Å². The molecule has 1 aliphatic heterocycles. The molecule has 0 radical (unpaired) electrons. The molecule has 1 aliphatic carbocycles. The molecule has 0 unspecified atom stereocenters. The zero-order chi connectivity index (χ0) is 19.0. The van der Waals surface area contributed by atoms with Crippen LogP contribution in [0.4, 0.5) is 0 Å². The molecule has 2 N–H and O–H groups in total. The lowest BCUT2D eigenvalue weighted by Crippen LogP contribution is -2.45. The Labute approximate surface area is 159 Å². The third kappa shape index (κ3) is 3.36. The molecule has 4 rings (SSSR count). The Morgan fingerprint density at radius 2 is 1.93 bits per heavy atom. The van der Waals surface area contributed by atoms with E-state index in [1.807, 2.05) is 21.7 Å². The summed E-state index contributed by atoms with van der Waals surface area (Å²) in [6, 6.07) is 8.11. The van der Waals surface area contributed by atoms with Gasteiger partial charge in [0.1, 0.15) is 0 Å². The van der Waals surface area contributed by atoms with E-state index >= 15 is 0 Å². The SMILES string of the molecule is Cc1ccc(-n2nc(C(=O)N3CCCC[C@H]3CC(N)=O)c3c2CCC3)cc1. The van der Waals surface area contributed by atoms with Crippen molar-refractivity contribution in [2.24, 2.45) is 5.73 Å². The molecule has 2 amide bonds. The number of carbonyl (C=O) groups excluding carboxylic acids is 2. The molecular weight excluding hydrogens is 340 g/mol. The van der Waals surface area contributed by atoms with Crippen LogP contribution >= 0.6 is 0 Å². The van der Waals surface area contributed by atoms with Gasteiger partial charge in [-0.2, -0.15) is 5.10 Å². The molecule has 1 atom stereocenters. The lowest BCUT2D eigenvalue weighted by Gasteiger charge is -2.34. The first-order valence-corrected chi connectivity index (χ1v) is 9.81. The number of carbonyl (C=O) groups is 2. The van der Waals surface area contributed by atoms with Gasteiger partial charge in [0.2, 0.25) is 5.91 Å². The molecule has 6 nitrogen and oxygen atoms in total. The maximum absolute atomic E-state index is 13.3. The number of nitrogens with two attached hydrogens (primary N) is 1. The standard InChI is InChI=1S/C21H26N4O2/c1-14-8-10-15(11-9-14)25-18-7-4-6-17(18)20(23-25)21(27)24-12-3-2-5-16(24)13-19(22)26/h8-11,16H,2-7,12-13H2,1H3,(H2,22,26)/t16-/m0/s1. The van der Waals surface area contributed by atoms with Crippen LogP contribution in [0.2, 0.25) is 0 Å². The molecule has 0 bridgehead atoms. The van der Waals surface area contributed by atoms with E-state index in [-0.39, 0.29) is 24.3 Å². The van der Waals surface area contributed by atoms with Crippen molar-refractivity contribution in [1.82, 2.24) is 14.7 Å². The zero-order valence-electron chi connectivity index (χ0n) is 15.8. The highest BCUT2D eigenvalue weighted by Gasteiger charge is 2.34. The maximum Gasteiger partial charge on any atom is 0.274 e. The molecule has 1 aromatic heterocycles. The lowest BCUT2D eigenvalue weighted by atomic mass is 9.98. The van der Waals surface area contributed by atoms with Gasteiger partial charge in [-0.05, 0) is 57.6 Å². The molecule has 27 heavy (non-hydrogen) atoms. The van der Waals surface area contributed by atoms with Crippen molar-refractivity contribution in [2.75, 3.05) is 6.54 Å². The second kappa shape index (κ2) is 7.18. The number of nitrogens with zero attached hydrogens (tertiary/aromatic N) is 3. The van der Waals surface area contributed by atoms with E-state index in [0.717, 1.165) is 55.5 Å². The van der Waals surface area contributed by atoms with Gasteiger partial charge in [0.15, 0.2) is 5.69 Å². The third-order valence-electron chi connectivity index (χ3n) is 5.74. The summed E-state index contributed by atoms with van der Waals surface area (Å²) in [6.45, 7) is 2.73. The van der Waals surface area contributed by atoms with Crippen LogP contribution in [-0.2, 0) is 17.6 Å². The highest BCUT2D eigenvalue weighted by Crippen LogP contribution is 2.30. The number of amides is 2. The van der Waals surface area contributed by atoms with Crippen molar-refractivity contribution >= 4 is 11.8 Å². The molecule has 142 valence electrons. The number of hydrogen-bond acceptors (Lipinski definition) is 3. The topological polar surface area (TPSA) is 81.2 Å². The molecule has 0 saturated carbocycles. The number of rotatable bonds is 4. The normalized spacial score (nSPS) is 19.1. The van der Waals surface area contributed by atoms with Gasteiger partial charge in [-0.1, -0.05) is 17.7 Å². The summed E-state index contributed by atoms with van der Waals surface area (Å²) in [4.78, 5) is 26.6.